The summed E-state index contributed by atoms with van der Waals surface area (Å²) < 4.78 is 28.9. The van der Waals surface area contributed by atoms with E-state index < -0.39 is 17.7 Å². The number of rotatable bonds is 6. The van der Waals surface area contributed by atoms with Crippen LogP contribution in [-0.2, 0) is 4.79 Å². The number of carboxylic acids is 1. The largest absolute Gasteiger partial charge is 0.496 e. The van der Waals surface area contributed by atoms with Gasteiger partial charge in [0, 0.05) is 12.1 Å². The Balaban J connectivity index is 2.67. The molecular weight excluding hydrogens is 303 g/mol. The number of benzene rings is 2. The molecule has 23 heavy (non-hydrogen) atoms. The Morgan fingerprint density at radius 2 is 1.52 bits per heavy atom. The van der Waals surface area contributed by atoms with Gasteiger partial charge in [-0.2, -0.15) is 0 Å². The van der Waals surface area contributed by atoms with Crippen LogP contribution in [0.5, 0.6) is 17.2 Å². The molecule has 2 aromatic carbocycles. The van der Waals surface area contributed by atoms with Crippen molar-refractivity contribution in [1.82, 2.24) is 0 Å². The highest BCUT2D eigenvalue weighted by molar-refractivity contribution is 5.83. The standard InChI is InChI=1S/C17H17FO5/c1-21-12-8-13(22-2)16(14(9-12)23-3)15(17(19)20)10-4-6-11(18)7-5-10/h4-9,15H,1-3H3,(H,19,20). The van der Waals surface area contributed by atoms with Gasteiger partial charge in [0.1, 0.15) is 29.0 Å². The molecule has 0 aliphatic rings. The Morgan fingerprint density at radius 1 is 1.00 bits per heavy atom. The van der Waals surface area contributed by atoms with Crippen molar-refractivity contribution >= 4 is 5.97 Å². The van der Waals surface area contributed by atoms with E-state index in [1.165, 1.54) is 45.6 Å². The summed E-state index contributed by atoms with van der Waals surface area (Å²) in [4.78, 5) is 11.8. The van der Waals surface area contributed by atoms with Gasteiger partial charge < -0.3 is 19.3 Å². The normalized spacial score (nSPS) is 11.7. The van der Waals surface area contributed by atoms with Crippen LogP contribution >= 0.6 is 0 Å². The lowest BCUT2D eigenvalue weighted by atomic mass is 9.89. The molecule has 1 atom stereocenters. The van der Waals surface area contributed by atoms with E-state index in [2.05, 4.69) is 0 Å². The monoisotopic (exact) mass is 320 g/mol. The van der Waals surface area contributed by atoms with Crippen LogP contribution < -0.4 is 14.2 Å². The summed E-state index contributed by atoms with van der Waals surface area (Å²) in [5, 5.41) is 9.68. The molecule has 0 aliphatic carbocycles. The summed E-state index contributed by atoms with van der Waals surface area (Å²) in [6, 6.07) is 8.45. The van der Waals surface area contributed by atoms with Crippen molar-refractivity contribution in [2.75, 3.05) is 21.3 Å². The van der Waals surface area contributed by atoms with Crippen LogP contribution in [0, 0.1) is 5.82 Å². The van der Waals surface area contributed by atoms with Gasteiger partial charge in [-0.1, -0.05) is 12.1 Å². The van der Waals surface area contributed by atoms with Gasteiger partial charge in [0.25, 0.3) is 0 Å². The van der Waals surface area contributed by atoms with Gasteiger partial charge in [-0.25, -0.2) is 4.39 Å². The average molecular weight is 320 g/mol. The van der Waals surface area contributed by atoms with Crippen molar-refractivity contribution in [3.63, 3.8) is 0 Å². The summed E-state index contributed by atoms with van der Waals surface area (Å²) in [5.74, 6) is -1.49. The first-order valence-electron chi connectivity index (χ1n) is 6.80. The highest BCUT2D eigenvalue weighted by Crippen LogP contribution is 2.42. The molecule has 0 amide bonds. The van der Waals surface area contributed by atoms with Gasteiger partial charge in [0.2, 0.25) is 0 Å². The fourth-order valence-corrected chi connectivity index (χ4v) is 2.41. The summed E-state index contributed by atoms with van der Waals surface area (Å²) in [7, 11) is 4.35. The Labute approximate surface area is 133 Å². The number of ether oxygens (including phenoxy) is 3. The maximum atomic E-state index is 13.1. The molecule has 0 aliphatic heterocycles. The third-order valence-corrected chi connectivity index (χ3v) is 3.49. The van der Waals surface area contributed by atoms with Crippen molar-refractivity contribution in [3.05, 3.63) is 53.3 Å². The highest BCUT2D eigenvalue weighted by atomic mass is 19.1. The van der Waals surface area contributed by atoms with Gasteiger partial charge in [-0.15, -0.1) is 0 Å². The molecule has 5 nitrogen and oxygen atoms in total. The summed E-state index contributed by atoms with van der Waals surface area (Å²) in [6.07, 6.45) is 0. The average Bonchev–Trinajstić information content (AvgIpc) is 2.56. The molecule has 6 heteroatoms. The van der Waals surface area contributed by atoms with E-state index in [1.54, 1.807) is 12.1 Å². The minimum atomic E-state index is -1.10. The number of carbonyl (C=O) groups is 1. The molecule has 1 unspecified atom stereocenters. The number of halogens is 1. The van der Waals surface area contributed by atoms with Gasteiger partial charge in [-0.3, -0.25) is 4.79 Å². The third kappa shape index (κ3) is 3.36. The molecule has 0 heterocycles. The Kier molecular flexibility index (Phi) is 5.05. The van der Waals surface area contributed by atoms with Crippen molar-refractivity contribution in [2.45, 2.75) is 5.92 Å². The van der Waals surface area contributed by atoms with Gasteiger partial charge in [0.15, 0.2) is 0 Å². The van der Waals surface area contributed by atoms with E-state index in [4.69, 9.17) is 14.2 Å². The Morgan fingerprint density at radius 3 is 1.91 bits per heavy atom. The number of aliphatic carboxylic acids is 1. The van der Waals surface area contributed by atoms with Crippen LogP contribution in [0.4, 0.5) is 4.39 Å². The quantitative estimate of drug-likeness (QED) is 0.886. The Bertz CT molecular complexity index is 672. The van der Waals surface area contributed by atoms with Crippen molar-refractivity contribution in [3.8, 4) is 17.2 Å². The number of methoxy groups -OCH3 is 3. The van der Waals surface area contributed by atoms with Crippen LogP contribution in [-0.4, -0.2) is 32.4 Å². The van der Waals surface area contributed by atoms with E-state index in [-0.39, 0.29) is 0 Å². The molecule has 0 aromatic heterocycles. The molecule has 0 radical (unpaired) electrons. The second kappa shape index (κ2) is 7.00. The second-order valence-electron chi connectivity index (χ2n) is 4.77. The molecule has 2 aromatic rings. The highest BCUT2D eigenvalue weighted by Gasteiger charge is 2.30. The van der Waals surface area contributed by atoms with E-state index in [9.17, 15) is 14.3 Å². The van der Waals surface area contributed by atoms with Gasteiger partial charge in [-0.05, 0) is 17.7 Å². The third-order valence-electron chi connectivity index (χ3n) is 3.49. The van der Waals surface area contributed by atoms with E-state index >= 15 is 0 Å². The zero-order valence-corrected chi connectivity index (χ0v) is 13.0. The minimum absolute atomic E-state index is 0.318. The number of carboxylic acid groups (broad SMARTS) is 1. The van der Waals surface area contributed by atoms with Crippen LogP contribution in [0.1, 0.15) is 17.0 Å². The van der Waals surface area contributed by atoms with Gasteiger partial charge in [0.05, 0.1) is 26.9 Å². The molecule has 0 saturated carbocycles. The first-order valence-corrected chi connectivity index (χ1v) is 6.80. The molecular formula is C17H17FO5. The first-order chi connectivity index (χ1) is 11.0. The zero-order chi connectivity index (χ0) is 17.0. The number of hydrogen-bond acceptors (Lipinski definition) is 4. The number of hydrogen-bond donors (Lipinski definition) is 1. The summed E-state index contributed by atoms with van der Waals surface area (Å²) in [5.41, 5.74) is 0.760. The fraction of sp³-hybridized carbons (Fsp3) is 0.235. The lowest BCUT2D eigenvalue weighted by Crippen LogP contribution is -2.15. The SMILES string of the molecule is COc1cc(OC)c(C(C(=O)O)c2ccc(F)cc2)c(OC)c1. The van der Waals surface area contributed by atoms with Crippen LogP contribution in [0.3, 0.4) is 0 Å². The van der Waals surface area contributed by atoms with E-state index in [0.29, 0.717) is 28.4 Å². The van der Waals surface area contributed by atoms with Crippen molar-refractivity contribution in [2.24, 2.45) is 0 Å². The van der Waals surface area contributed by atoms with Crippen LogP contribution in [0.25, 0.3) is 0 Å². The summed E-state index contributed by atoms with van der Waals surface area (Å²) >= 11 is 0. The lowest BCUT2D eigenvalue weighted by molar-refractivity contribution is -0.137. The second-order valence-corrected chi connectivity index (χ2v) is 4.77. The predicted octanol–water partition coefficient (Wildman–Crippen LogP) is 3.07. The summed E-state index contributed by atoms with van der Waals surface area (Å²) in [6.45, 7) is 0. The van der Waals surface area contributed by atoms with Gasteiger partial charge >= 0.3 is 5.97 Å². The molecule has 0 fully saturated rings. The smallest absolute Gasteiger partial charge is 0.315 e. The maximum Gasteiger partial charge on any atom is 0.315 e. The zero-order valence-electron chi connectivity index (χ0n) is 13.0. The van der Waals surface area contributed by atoms with Crippen molar-refractivity contribution < 1.29 is 28.5 Å². The Hall–Kier alpha value is -2.76. The van der Waals surface area contributed by atoms with Crippen molar-refractivity contribution in [1.29, 1.82) is 0 Å². The topological polar surface area (TPSA) is 65.0 Å². The van der Waals surface area contributed by atoms with Crippen LogP contribution in [0.15, 0.2) is 36.4 Å². The molecule has 0 saturated heterocycles. The molecule has 2 rings (SSSR count). The van der Waals surface area contributed by atoms with Crippen LogP contribution in [0.2, 0.25) is 0 Å². The first kappa shape index (κ1) is 16.6. The molecule has 0 spiro atoms. The fourth-order valence-electron chi connectivity index (χ4n) is 2.41. The van der Waals surface area contributed by atoms with E-state index in [0.717, 1.165) is 0 Å². The molecule has 0 bridgehead atoms. The van der Waals surface area contributed by atoms with E-state index in [1.807, 2.05) is 0 Å². The molecule has 1 N–H and O–H groups in total. The predicted molar refractivity (Wildman–Crippen MR) is 82.0 cm³/mol. The minimum Gasteiger partial charge on any atom is -0.496 e. The maximum absolute atomic E-state index is 13.1. The molecule has 122 valence electrons. The lowest BCUT2D eigenvalue weighted by Gasteiger charge is -2.20.